The van der Waals surface area contributed by atoms with Crippen molar-refractivity contribution in [3.05, 3.63) is 64.4 Å². The zero-order valence-electron chi connectivity index (χ0n) is 11.5. The first-order chi connectivity index (χ1) is 10.6. The fraction of sp³-hybridized carbons (Fsp3) is 0.0667. The van der Waals surface area contributed by atoms with Crippen LogP contribution >= 0.6 is 11.6 Å². The van der Waals surface area contributed by atoms with Crippen LogP contribution in [0.25, 0.3) is 0 Å². The SMILES string of the molecule is NC(N)=N/N=C/c1ccccc1OCc1c(F)cccc1Cl. The molecule has 4 N–H and O–H groups in total. The molecule has 7 heteroatoms. The number of guanidine groups is 1. The van der Waals surface area contributed by atoms with Gasteiger partial charge in [-0.2, -0.15) is 5.10 Å². The van der Waals surface area contributed by atoms with Gasteiger partial charge in [-0.1, -0.05) is 29.8 Å². The Kier molecular flexibility index (Phi) is 5.32. The van der Waals surface area contributed by atoms with Crippen LogP contribution in [0.3, 0.4) is 0 Å². The Morgan fingerprint density at radius 3 is 2.68 bits per heavy atom. The minimum absolute atomic E-state index is 0.00133. The number of hydrogen-bond acceptors (Lipinski definition) is 3. The Hall–Kier alpha value is -2.60. The van der Waals surface area contributed by atoms with E-state index in [1.165, 1.54) is 18.3 Å². The predicted octanol–water partition coefficient (Wildman–Crippen LogP) is 2.67. The average Bonchev–Trinajstić information content (AvgIpc) is 2.48. The molecule has 22 heavy (non-hydrogen) atoms. The van der Waals surface area contributed by atoms with Crippen LogP contribution in [0.4, 0.5) is 4.39 Å². The van der Waals surface area contributed by atoms with E-state index in [2.05, 4.69) is 10.2 Å². The smallest absolute Gasteiger partial charge is 0.211 e. The number of para-hydroxylation sites is 1. The molecule has 2 aromatic rings. The number of hydrogen-bond donors (Lipinski definition) is 2. The highest BCUT2D eigenvalue weighted by molar-refractivity contribution is 6.31. The van der Waals surface area contributed by atoms with E-state index in [4.69, 9.17) is 27.8 Å². The van der Waals surface area contributed by atoms with Gasteiger partial charge in [-0.25, -0.2) is 4.39 Å². The van der Waals surface area contributed by atoms with Crippen molar-refractivity contribution in [3.63, 3.8) is 0 Å². The summed E-state index contributed by atoms with van der Waals surface area (Å²) in [6.45, 7) is -0.00133. The third-order valence-electron chi connectivity index (χ3n) is 2.72. The molecule has 0 saturated heterocycles. The molecule has 0 aliphatic rings. The molecule has 0 bridgehead atoms. The average molecular weight is 321 g/mol. The lowest BCUT2D eigenvalue weighted by Crippen LogP contribution is -2.21. The second-order valence-electron chi connectivity index (χ2n) is 4.30. The van der Waals surface area contributed by atoms with E-state index in [0.29, 0.717) is 21.9 Å². The molecule has 2 aromatic carbocycles. The maximum atomic E-state index is 13.7. The summed E-state index contributed by atoms with van der Waals surface area (Å²) >= 11 is 5.96. The highest BCUT2D eigenvalue weighted by Crippen LogP contribution is 2.23. The van der Waals surface area contributed by atoms with Crippen molar-refractivity contribution in [1.82, 2.24) is 0 Å². The van der Waals surface area contributed by atoms with Gasteiger partial charge in [0.05, 0.1) is 11.2 Å². The number of ether oxygens (including phenoxy) is 1. The van der Waals surface area contributed by atoms with Crippen LogP contribution < -0.4 is 16.2 Å². The van der Waals surface area contributed by atoms with Crippen molar-refractivity contribution in [2.45, 2.75) is 6.61 Å². The monoisotopic (exact) mass is 320 g/mol. The van der Waals surface area contributed by atoms with Gasteiger partial charge in [0.1, 0.15) is 18.2 Å². The van der Waals surface area contributed by atoms with Gasteiger partial charge < -0.3 is 16.2 Å². The second-order valence-corrected chi connectivity index (χ2v) is 4.70. The minimum Gasteiger partial charge on any atom is -0.488 e. The fourth-order valence-corrected chi connectivity index (χ4v) is 1.91. The summed E-state index contributed by atoms with van der Waals surface area (Å²) in [5, 5.41) is 7.55. The van der Waals surface area contributed by atoms with E-state index in [1.54, 1.807) is 30.3 Å². The third-order valence-corrected chi connectivity index (χ3v) is 3.08. The van der Waals surface area contributed by atoms with E-state index in [-0.39, 0.29) is 12.6 Å². The molecule has 2 rings (SSSR count). The van der Waals surface area contributed by atoms with Gasteiger partial charge in [-0.05, 0) is 24.3 Å². The lowest BCUT2D eigenvalue weighted by molar-refractivity contribution is 0.299. The van der Waals surface area contributed by atoms with Crippen LogP contribution in [0.5, 0.6) is 5.75 Å². The Balaban J connectivity index is 2.17. The summed E-state index contributed by atoms with van der Waals surface area (Å²) in [6.07, 6.45) is 1.44. The van der Waals surface area contributed by atoms with Gasteiger partial charge in [-0.3, -0.25) is 0 Å². The van der Waals surface area contributed by atoms with Crippen molar-refractivity contribution >= 4 is 23.8 Å². The number of halogens is 2. The van der Waals surface area contributed by atoms with Crippen LogP contribution in [-0.2, 0) is 6.61 Å². The molecule has 0 amide bonds. The zero-order valence-corrected chi connectivity index (χ0v) is 12.3. The Morgan fingerprint density at radius 1 is 1.18 bits per heavy atom. The molecule has 0 heterocycles. The van der Waals surface area contributed by atoms with E-state index < -0.39 is 5.82 Å². The molecule has 0 aromatic heterocycles. The second kappa shape index (κ2) is 7.42. The number of rotatable bonds is 5. The van der Waals surface area contributed by atoms with Gasteiger partial charge in [0, 0.05) is 11.1 Å². The van der Waals surface area contributed by atoms with Gasteiger partial charge in [0.25, 0.3) is 0 Å². The third kappa shape index (κ3) is 4.20. The Labute approximate surface area is 132 Å². The molecule has 0 aliphatic carbocycles. The van der Waals surface area contributed by atoms with Gasteiger partial charge >= 0.3 is 0 Å². The molecule has 0 atom stereocenters. The van der Waals surface area contributed by atoms with Crippen LogP contribution in [-0.4, -0.2) is 12.2 Å². The first-order valence-electron chi connectivity index (χ1n) is 6.34. The summed E-state index contributed by atoms with van der Waals surface area (Å²) in [5.41, 5.74) is 11.3. The van der Waals surface area contributed by atoms with Gasteiger partial charge in [-0.15, -0.1) is 5.10 Å². The lowest BCUT2D eigenvalue weighted by atomic mass is 10.2. The van der Waals surface area contributed by atoms with E-state index in [9.17, 15) is 4.39 Å². The molecule has 0 fully saturated rings. The van der Waals surface area contributed by atoms with Crippen molar-refractivity contribution in [2.24, 2.45) is 21.7 Å². The van der Waals surface area contributed by atoms with Crippen molar-refractivity contribution in [1.29, 1.82) is 0 Å². The zero-order chi connectivity index (χ0) is 15.9. The quantitative estimate of drug-likeness (QED) is 0.504. The number of nitrogens with zero attached hydrogens (tertiary/aromatic N) is 2. The first kappa shape index (κ1) is 15.8. The topological polar surface area (TPSA) is 86.0 Å². The molecular formula is C15H14ClFN4O. The van der Waals surface area contributed by atoms with Gasteiger partial charge in [0.15, 0.2) is 0 Å². The highest BCUT2D eigenvalue weighted by atomic mass is 35.5. The largest absolute Gasteiger partial charge is 0.488 e. The minimum atomic E-state index is -0.417. The summed E-state index contributed by atoms with van der Waals surface area (Å²) < 4.78 is 19.3. The van der Waals surface area contributed by atoms with Crippen LogP contribution in [0, 0.1) is 5.82 Å². The van der Waals surface area contributed by atoms with Gasteiger partial charge in [0.2, 0.25) is 5.96 Å². The lowest BCUT2D eigenvalue weighted by Gasteiger charge is -2.10. The van der Waals surface area contributed by atoms with E-state index in [1.807, 2.05) is 0 Å². The molecular weight excluding hydrogens is 307 g/mol. The molecule has 0 aliphatic heterocycles. The van der Waals surface area contributed by atoms with Crippen LogP contribution in [0.1, 0.15) is 11.1 Å². The summed E-state index contributed by atoms with van der Waals surface area (Å²) in [5.74, 6) is -0.0525. The number of benzene rings is 2. The molecule has 5 nitrogen and oxygen atoms in total. The molecule has 0 unspecified atom stereocenters. The van der Waals surface area contributed by atoms with Crippen molar-refractivity contribution < 1.29 is 9.13 Å². The van der Waals surface area contributed by atoms with Crippen molar-refractivity contribution in [3.8, 4) is 5.75 Å². The highest BCUT2D eigenvalue weighted by Gasteiger charge is 2.08. The summed E-state index contributed by atoms with van der Waals surface area (Å²) in [7, 11) is 0. The predicted molar refractivity (Wildman–Crippen MR) is 85.6 cm³/mol. The normalized spacial score (nSPS) is 10.6. The maximum Gasteiger partial charge on any atom is 0.211 e. The fourth-order valence-electron chi connectivity index (χ4n) is 1.70. The van der Waals surface area contributed by atoms with Crippen molar-refractivity contribution in [2.75, 3.05) is 0 Å². The van der Waals surface area contributed by atoms with E-state index >= 15 is 0 Å². The summed E-state index contributed by atoms with van der Waals surface area (Å²) in [6, 6.07) is 11.6. The Bertz CT molecular complexity index is 694. The first-order valence-corrected chi connectivity index (χ1v) is 6.72. The van der Waals surface area contributed by atoms with Crippen LogP contribution in [0.2, 0.25) is 5.02 Å². The molecule has 0 spiro atoms. The molecule has 0 radical (unpaired) electrons. The standard InChI is InChI=1S/C15H14ClFN4O/c16-12-5-3-6-13(17)11(12)9-22-14-7-2-1-4-10(14)8-20-21-15(18)19/h1-8H,9H2,(H4,18,19,21)/b20-8+. The molecule has 114 valence electrons. The maximum absolute atomic E-state index is 13.7. The molecule has 0 saturated carbocycles. The number of nitrogens with two attached hydrogens (primary N) is 2. The Morgan fingerprint density at radius 2 is 1.95 bits per heavy atom. The van der Waals surface area contributed by atoms with E-state index in [0.717, 1.165) is 0 Å². The van der Waals surface area contributed by atoms with Crippen LogP contribution in [0.15, 0.2) is 52.7 Å². The summed E-state index contributed by atoms with van der Waals surface area (Å²) in [4.78, 5) is 0.